The first-order valence-corrected chi connectivity index (χ1v) is 8.33. The number of urea groups is 1. The van der Waals surface area contributed by atoms with Crippen LogP contribution < -0.4 is 16.0 Å². The van der Waals surface area contributed by atoms with Crippen molar-refractivity contribution in [2.24, 2.45) is 0 Å². The third-order valence-corrected chi connectivity index (χ3v) is 3.52. The molecular weight excluding hydrogens is 350 g/mol. The number of hydrogen-bond acceptors (Lipinski definition) is 4. The van der Waals surface area contributed by atoms with Gasteiger partial charge in [0.05, 0.1) is 5.56 Å². The monoisotopic (exact) mass is 371 g/mol. The van der Waals surface area contributed by atoms with E-state index in [0.29, 0.717) is 5.56 Å². The minimum atomic E-state index is -1.02. The van der Waals surface area contributed by atoms with Crippen LogP contribution in [0.2, 0.25) is 0 Å². The molecule has 3 amide bonds. The molecule has 2 aromatic rings. The van der Waals surface area contributed by atoms with Crippen LogP contribution in [0.4, 0.5) is 9.59 Å². The van der Waals surface area contributed by atoms with Crippen LogP contribution in [-0.2, 0) is 17.9 Å². The van der Waals surface area contributed by atoms with E-state index in [4.69, 9.17) is 9.84 Å². The van der Waals surface area contributed by atoms with Gasteiger partial charge in [0.2, 0.25) is 0 Å². The third-order valence-electron chi connectivity index (χ3n) is 3.52. The highest BCUT2D eigenvalue weighted by Crippen LogP contribution is 2.05. The van der Waals surface area contributed by atoms with Crippen molar-refractivity contribution in [3.8, 4) is 0 Å². The van der Waals surface area contributed by atoms with Gasteiger partial charge in [-0.05, 0) is 23.3 Å². The second-order valence-corrected chi connectivity index (χ2v) is 5.60. The molecule has 4 N–H and O–H groups in total. The Hall–Kier alpha value is -3.55. The maximum atomic E-state index is 11.7. The highest BCUT2D eigenvalue weighted by molar-refractivity contribution is 5.87. The fourth-order valence-electron chi connectivity index (χ4n) is 2.17. The first-order valence-electron chi connectivity index (χ1n) is 8.33. The minimum absolute atomic E-state index is 0.160. The summed E-state index contributed by atoms with van der Waals surface area (Å²) in [5.41, 5.74) is 1.72. The summed E-state index contributed by atoms with van der Waals surface area (Å²) in [6, 6.07) is 15.2. The van der Waals surface area contributed by atoms with E-state index in [1.165, 1.54) is 12.1 Å². The topological polar surface area (TPSA) is 117 Å². The van der Waals surface area contributed by atoms with Gasteiger partial charge in [-0.2, -0.15) is 0 Å². The lowest BCUT2D eigenvalue weighted by Gasteiger charge is -2.09. The number of ether oxygens (including phenoxy) is 1. The SMILES string of the molecule is O=C(NCCNC(=O)OCc1ccccc1)NCc1cccc(C(=O)O)c1. The molecule has 142 valence electrons. The molecule has 2 rings (SSSR count). The number of carbonyl (C=O) groups excluding carboxylic acids is 2. The van der Waals surface area contributed by atoms with Gasteiger partial charge in [-0.15, -0.1) is 0 Å². The molecule has 27 heavy (non-hydrogen) atoms. The normalized spacial score (nSPS) is 9.93. The van der Waals surface area contributed by atoms with E-state index in [9.17, 15) is 14.4 Å². The molecular formula is C19H21N3O5. The van der Waals surface area contributed by atoms with Crippen molar-refractivity contribution in [1.29, 1.82) is 0 Å². The van der Waals surface area contributed by atoms with Gasteiger partial charge in [0, 0.05) is 19.6 Å². The molecule has 0 unspecified atom stereocenters. The number of rotatable bonds is 8. The molecule has 0 spiro atoms. The van der Waals surface area contributed by atoms with Gasteiger partial charge in [0.1, 0.15) is 6.61 Å². The van der Waals surface area contributed by atoms with Crippen molar-refractivity contribution in [1.82, 2.24) is 16.0 Å². The van der Waals surface area contributed by atoms with E-state index in [1.54, 1.807) is 12.1 Å². The average Bonchev–Trinajstić information content (AvgIpc) is 2.69. The Morgan fingerprint density at radius 2 is 1.56 bits per heavy atom. The minimum Gasteiger partial charge on any atom is -0.478 e. The Kier molecular flexibility index (Phi) is 7.65. The molecule has 8 nitrogen and oxygen atoms in total. The molecule has 8 heteroatoms. The summed E-state index contributed by atoms with van der Waals surface area (Å²) < 4.78 is 5.04. The summed E-state index contributed by atoms with van der Waals surface area (Å²) in [5, 5.41) is 16.7. The summed E-state index contributed by atoms with van der Waals surface area (Å²) in [5.74, 6) is -1.02. The van der Waals surface area contributed by atoms with Crippen molar-refractivity contribution < 1.29 is 24.2 Å². The molecule has 0 saturated carbocycles. The van der Waals surface area contributed by atoms with Gasteiger partial charge in [0.25, 0.3) is 0 Å². The number of carbonyl (C=O) groups is 3. The van der Waals surface area contributed by atoms with Crippen LogP contribution in [0.1, 0.15) is 21.5 Å². The van der Waals surface area contributed by atoms with Gasteiger partial charge < -0.3 is 25.8 Å². The van der Waals surface area contributed by atoms with Gasteiger partial charge in [-0.25, -0.2) is 14.4 Å². The summed E-state index contributed by atoms with van der Waals surface area (Å²) >= 11 is 0. The van der Waals surface area contributed by atoms with Gasteiger partial charge in [-0.3, -0.25) is 0 Å². The zero-order valence-electron chi connectivity index (χ0n) is 14.6. The average molecular weight is 371 g/mol. The molecule has 0 aliphatic rings. The van der Waals surface area contributed by atoms with Crippen molar-refractivity contribution >= 4 is 18.1 Å². The Balaban J connectivity index is 1.58. The van der Waals surface area contributed by atoms with E-state index in [-0.39, 0.29) is 31.8 Å². The Labute approximate surface area is 156 Å². The first-order chi connectivity index (χ1) is 13.0. The highest BCUT2D eigenvalue weighted by Gasteiger charge is 2.05. The zero-order valence-corrected chi connectivity index (χ0v) is 14.6. The van der Waals surface area contributed by atoms with Crippen LogP contribution >= 0.6 is 0 Å². The van der Waals surface area contributed by atoms with E-state index in [0.717, 1.165) is 5.56 Å². The van der Waals surface area contributed by atoms with E-state index < -0.39 is 18.1 Å². The first kappa shape index (κ1) is 19.8. The number of aromatic carboxylic acids is 1. The number of benzene rings is 2. The third kappa shape index (κ3) is 7.47. The Morgan fingerprint density at radius 3 is 2.30 bits per heavy atom. The van der Waals surface area contributed by atoms with Crippen LogP contribution in [0, 0.1) is 0 Å². The lowest BCUT2D eigenvalue weighted by Crippen LogP contribution is -2.40. The molecule has 0 aromatic heterocycles. The van der Waals surface area contributed by atoms with Crippen molar-refractivity contribution in [3.05, 3.63) is 71.3 Å². The molecule has 0 aliphatic heterocycles. The van der Waals surface area contributed by atoms with Crippen LogP contribution in [0.15, 0.2) is 54.6 Å². The lowest BCUT2D eigenvalue weighted by molar-refractivity contribution is 0.0696. The molecule has 0 fully saturated rings. The van der Waals surface area contributed by atoms with Crippen molar-refractivity contribution in [3.63, 3.8) is 0 Å². The molecule has 0 bridgehead atoms. The van der Waals surface area contributed by atoms with Gasteiger partial charge in [-0.1, -0.05) is 42.5 Å². The molecule has 0 aliphatic carbocycles. The van der Waals surface area contributed by atoms with Crippen LogP contribution in [0.3, 0.4) is 0 Å². The highest BCUT2D eigenvalue weighted by atomic mass is 16.5. The second-order valence-electron chi connectivity index (χ2n) is 5.60. The van der Waals surface area contributed by atoms with E-state index in [1.807, 2.05) is 30.3 Å². The Bertz CT molecular complexity index is 780. The number of carboxylic acid groups (broad SMARTS) is 1. The summed E-state index contributed by atoms with van der Waals surface area (Å²) in [6.45, 7) is 0.812. The number of carboxylic acids is 1. The van der Waals surface area contributed by atoms with E-state index >= 15 is 0 Å². The van der Waals surface area contributed by atoms with Crippen LogP contribution in [-0.4, -0.2) is 36.3 Å². The van der Waals surface area contributed by atoms with Crippen LogP contribution in [0.25, 0.3) is 0 Å². The number of amides is 3. The summed E-state index contributed by atoms with van der Waals surface area (Å²) in [4.78, 5) is 34.2. The zero-order chi connectivity index (χ0) is 19.5. The molecule has 0 heterocycles. The largest absolute Gasteiger partial charge is 0.478 e. The van der Waals surface area contributed by atoms with Crippen molar-refractivity contribution in [2.75, 3.05) is 13.1 Å². The van der Waals surface area contributed by atoms with Crippen LogP contribution in [0.5, 0.6) is 0 Å². The molecule has 0 atom stereocenters. The second kappa shape index (κ2) is 10.4. The maximum absolute atomic E-state index is 11.7. The summed E-state index contributed by atoms with van der Waals surface area (Å²) in [7, 11) is 0. The predicted octanol–water partition coefficient (Wildman–Crippen LogP) is 2.11. The predicted molar refractivity (Wildman–Crippen MR) is 98.3 cm³/mol. The Morgan fingerprint density at radius 1 is 0.852 bits per heavy atom. The molecule has 2 aromatic carbocycles. The number of hydrogen-bond donors (Lipinski definition) is 4. The summed E-state index contributed by atoms with van der Waals surface area (Å²) in [6.07, 6.45) is -0.563. The number of nitrogens with one attached hydrogen (secondary N) is 3. The number of alkyl carbamates (subject to hydrolysis) is 1. The lowest BCUT2D eigenvalue weighted by atomic mass is 10.1. The molecule has 0 saturated heterocycles. The fraction of sp³-hybridized carbons (Fsp3) is 0.211. The quantitative estimate of drug-likeness (QED) is 0.530. The van der Waals surface area contributed by atoms with E-state index in [2.05, 4.69) is 16.0 Å². The smallest absolute Gasteiger partial charge is 0.407 e. The van der Waals surface area contributed by atoms with Gasteiger partial charge in [0.15, 0.2) is 0 Å². The van der Waals surface area contributed by atoms with Gasteiger partial charge >= 0.3 is 18.1 Å². The fourth-order valence-corrected chi connectivity index (χ4v) is 2.17. The maximum Gasteiger partial charge on any atom is 0.407 e. The standard InChI is InChI=1S/C19H21N3O5/c23-17(24)16-8-4-7-15(11-16)12-22-18(25)20-9-10-21-19(26)27-13-14-5-2-1-3-6-14/h1-8,11H,9-10,12-13H2,(H,21,26)(H,23,24)(H2,20,22,25). The molecule has 0 radical (unpaired) electrons. The van der Waals surface area contributed by atoms with Crippen molar-refractivity contribution in [2.45, 2.75) is 13.2 Å².